The highest BCUT2D eigenvalue weighted by Gasteiger charge is 2.16. The van der Waals surface area contributed by atoms with Crippen molar-refractivity contribution in [1.82, 2.24) is 10.2 Å². The van der Waals surface area contributed by atoms with Gasteiger partial charge in [0.15, 0.2) is 0 Å². The van der Waals surface area contributed by atoms with Crippen LogP contribution in [0, 0.1) is 6.92 Å². The molecule has 0 atom stereocenters. The summed E-state index contributed by atoms with van der Waals surface area (Å²) in [5.74, 6) is 1.82. The van der Waals surface area contributed by atoms with Crippen LogP contribution in [0.4, 0.5) is 11.5 Å². The molecule has 22 heavy (non-hydrogen) atoms. The Bertz CT molecular complexity index is 902. The predicted octanol–water partition coefficient (Wildman–Crippen LogP) is 4.66. The second-order valence-corrected chi connectivity index (χ2v) is 5.50. The molecule has 0 saturated heterocycles. The molecular weight excluding hydrogens is 274 g/mol. The van der Waals surface area contributed by atoms with Crippen molar-refractivity contribution in [3.05, 3.63) is 54.1 Å². The lowest BCUT2D eigenvalue weighted by Crippen LogP contribution is -1.91. The number of fused-ring (bicyclic) bond motifs is 3. The minimum absolute atomic E-state index is 0.850. The van der Waals surface area contributed by atoms with E-state index in [1.807, 2.05) is 24.3 Å². The van der Waals surface area contributed by atoms with Crippen molar-refractivity contribution in [2.75, 3.05) is 12.4 Å². The Kier molecular flexibility index (Phi) is 2.82. The first-order valence-corrected chi connectivity index (χ1v) is 7.25. The monoisotopic (exact) mass is 291 g/mol. The number of rotatable bonds is 3. The number of aromatic nitrogens is 2. The molecule has 0 spiro atoms. The summed E-state index contributed by atoms with van der Waals surface area (Å²) >= 11 is 0. The summed E-state index contributed by atoms with van der Waals surface area (Å²) in [4.78, 5) is 0. The van der Waals surface area contributed by atoms with Crippen molar-refractivity contribution < 1.29 is 4.74 Å². The molecule has 0 radical (unpaired) electrons. The molecule has 1 aliphatic heterocycles. The van der Waals surface area contributed by atoms with Gasteiger partial charge in [0.2, 0.25) is 0 Å². The van der Waals surface area contributed by atoms with Gasteiger partial charge in [0, 0.05) is 16.6 Å². The number of aromatic amines is 2. The van der Waals surface area contributed by atoms with E-state index >= 15 is 0 Å². The number of benzene rings is 2. The molecule has 4 nitrogen and oxygen atoms in total. The molecule has 110 valence electrons. The van der Waals surface area contributed by atoms with Crippen LogP contribution in [-0.2, 0) is 0 Å². The third-order valence-electron chi connectivity index (χ3n) is 3.99. The molecule has 0 amide bonds. The topological polar surface area (TPSA) is 52.8 Å². The number of hydrogen-bond donors (Lipinski definition) is 3. The van der Waals surface area contributed by atoms with E-state index in [0.717, 1.165) is 28.5 Å². The second-order valence-electron chi connectivity index (χ2n) is 5.50. The summed E-state index contributed by atoms with van der Waals surface area (Å²) in [6, 6.07) is 16.6. The van der Waals surface area contributed by atoms with Gasteiger partial charge < -0.3 is 10.1 Å². The van der Waals surface area contributed by atoms with Gasteiger partial charge in [-0.1, -0.05) is 17.7 Å². The van der Waals surface area contributed by atoms with E-state index in [4.69, 9.17) is 4.74 Å². The number of ether oxygens (including phenoxy) is 1. The molecule has 0 bridgehead atoms. The van der Waals surface area contributed by atoms with E-state index in [9.17, 15) is 0 Å². The number of H-pyrrole nitrogens is 2. The zero-order valence-electron chi connectivity index (χ0n) is 12.5. The molecule has 4 rings (SSSR count). The van der Waals surface area contributed by atoms with Crippen molar-refractivity contribution >= 4 is 22.3 Å². The van der Waals surface area contributed by atoms with Gasteiger partial charge in [0.25, 0.3) is 0 Å². The predicted molar refractivity (Wildman–Crippen MR) is 90.3 cm³/mol. The Balaban J connectivity index is 1.72. The minimum atomic E-state index is 0.850. The zero-order valence-corrected chi connectivity index (χ0v) is 12.5. The van der Waals surface area contributed by atoms with Gasteiger partial charge in [0.1, 0.15) is 11.6 Å². The SMILES string of the molecule is COc1ccc(Nc2[nH][nH]c3c4cc(C)ccc4cc2-3)cc1. The first-order valence-electron chi connectivity index (χ1n) is 7.25. The Labute approximate surface area is 128 Å². The fraction of sp³-hybridized carbons (Fsp3) is 0.111. The maximum atomic E-state index is 5.18. The number of aryl methyl sites for hydroxylation is 1. The summed E-state index contributed by atoms with van der Waals surface area (Å²) in [6.07, 6.45) is 0. The van der Waals surface area contributed by atoms with Gasteiger partial charge in [-0.2, -0.15) is 0 Å². The van der Waals surface area contributed by atoms with E-state index in [2.05, 4.69) is 46.7 Å². The van der Waals surface area contributed by atoms with Crippen LogP contribution < -0.4 is 10.1 Å². The van der Waals surface area contributed by atoms with E-state index in [1.165, 1.54) is 16.3 Å². The smallest absolute Gasteiger partial charge is 0.132 e. The van der Waals surface area contributed by atoms with Crippen molar-refractivity contribution in [3.8, 4) is 17.0 Å². The van der Waals surface area contributed by atoms with Crippen molar-refractivity contribution in [1.29, 1.82) is 0 Å². The molecule has 4 heteroatoms. The van der Waals surface area contributed by atoms with Crippen LogP contribution in [0.15, 0.2) is 48.5 Å². The summed E-state index contributed by atoms with van der Waals surface area (Å²) < 4.78 is 5.18. The molecule has 1 heterocycles. The fourth-order valence-electron chi connectivity index (χ4n) is 2.83. The molecule has 2 aliphatic rings. The fourth-order valence-corrected chi connectivity index (χ4v) is 2.83. The highest BCUT2D eigenvalue weighted by atomic mass is 16.5. The summed E-state index contributed by atoms with van der Waals surface area (Å²) in [5.41, 5.74) is 4.57. The maximum absolute atomic E-state index is 5.18. The third kappa shape index (κ3) is 2.00. The van der Waals surface area contributed by atoms with E-state index in [-0.39, 0.29) is 0 Å². The van der Waals surface area contributed by atoms with Gasteiger partial charge in [-0.05, 0) is 48.7 Å². The van der Waals surface area contributed by atoms with E-state index in [0.29, 0.717) is 0 Å². The van der Waals surface area contributed by atoms with Crippen LogP contribution in [0.25, 0.3) is 22.0 Å². The van der Waals surface area contributed by atoms with E-state index < -0.39 is 0 Å². The molecule has 1 aliphatic carbocycles. The first-order chi connectivity index (χ1) is 10.7. The molecule has 0 fully saturated rings. The van der Waals surface area contributed by atoms with Crippen molar-refractivity contribution in [3.63, 3.8) is 0 Å². The van der Waals surface area contributed by atoms with Gasteiger partial charge in [-0.3, -0.25) is 10.2 Å². The lowest BCUT2D eigenvalue weighted by atomic mass is 10.1. The Morgan fingerprint density at radius 3 is 2.55 bits per heavy atom. The largest absolute Gasteiger partial charge is 0.497 e. The number of hydrogen-bond acceptors (Lipinski definition) is 2. The van der Waals surface area contributed by atoms with E-state index in [1.54, 1.807) is 7.11 Å². The van der Waals surface area contributed by atoms with Crippen LogP contribution in [0.3, 0.4) is 0 Å². The van der Waals surface area contributed by atoms with Crippen LogP contribution in [0.1, 0.15) is 5.56 Å². The van der Waals surface area contributed by atoms with Crippen molar-refractivity contribution in [2.24, 2.45) is 0 Å². The molecule has 0 saturated carbocycles. The van der Waals surface area contributed by atoms with Crippen LogP contribution >= 0.6 is 0 Å². The highest BCUT2D eigenvalue weighted by Crippen LogP contribution is 2.38. The van der Waals surface area contributed by atoms with Crippen LogP contribution in [0.5, 0.6) is 5.75 Å². The Morgan fingerprint density at radius 1 is 0.955 bits per heavy atom. The average molecular weight is 291 g/mol. The maximum Gasteiger partial charge on any atom is 0.132 e. The quantitative estimate of drug-likeness (QED) is 0.514. The lowest BCUT2D eigenvalue weighted by molar-refractivity contribution is 0.415. The van der Waals surface area contributed by atoms with Crippen LogP contribution in [0.2, 0.25) is 0 Å². The van der Waals surface area contributed by atoms with Gasteiger partial charge in [0.05, 0.1) is 12.8 Å². The Morgan fingerprint density at radius 2 is 1.77 bits per heavy atom. The molecule has 0 aromatic heterocycles. The van der Waals surface area contributed by atoms with Gasteiger partial charge in [-0.15, -0.1) is 0 Å². The number of methoxy groups -OCH3 is 1. The molecule has 3 N–H and O–H groups in total. The third-order valence-corrected chi connectivity index (χ3v) is 3.99. The average Bonchev–Trinajstić information content (AvgIpc) is 3.08. The number of nitrogens with one attached hydrogen (secondary N) is 3. The highest BCUT2D eigenvalue weighted by molar-refractivity contribution is 6.04. The molecule has 0 unspecified atom stereocenters. The Hall–Kier alpha value is -2.88. The first kappa shape index (κ1) is 12.8. The summed E-state index contributed by atoms with van der Waals surface area (Å²) in [5, 5.41) is 12.4. The normalized spacial score (nSPS) is 11.2. The van der Waals surface area contributed by atoms with Gasteiger partial charge in [-0.25, -0.2) is 0 Å². The molecule has 2 aromatic carbocycles. The van der Waals surface area contributed by atoms with Crippen LogP contribution in [-0.4, -0.2) is 17.3 Å². The van der Waals surface area contributed by atoms with Crippen molar-refractivity contribution in [2.45, 2.75) is 6.92 Å². The van der Waals surface area contributed by atoms with Gasteiger partial charge >= 0.3 is 0 Å². The zero-order chi connectivity index (χ0) is 15.1. The lowest BCUT2D eigenvalue weighted by Gasteiger charge is -2.05. The second kappa shape index (κ2) is 4.84. The summed E-state index contributed by atoms with van der Waals surface area (Å²) in [7, 11) is 1.67. The minimum Gasteiger partial charge on any atom is -0.497 e. The summed E-state index contributed by atoms with van der Waals surface area (Å²) in [6.45, 7) is 2.11. The standard InChI is InChI=1S/C18H17N3O/c1-11-3-4-12-10-16-17(15(12)9-11)20-21-18(16)19-13-5-7-14(22-2)8-6-13/h3-10,19-21H,1-2H3. The molecular formula is C18H17N3O. The number of anilines is 2. The molecule has 2 aromatic rings.